The number of nitrogens with one attached hydrogen (secondary N) is 2. The summed E-state index contributed by atoms with van der Waals surface area (Å²) in [5, 5.41) is 41.4. The first-order chi connectivity index (χ1) is 33.1. The van der Waals surface area contributed by atoms with Crippen LogP contribution < -0.4 is 10.6 Å². The molecule has 12 nitrogen and oxygen atoms in total. The highest BCUT2D eigenvalue weighted by Crippen LogP contribution is 2.49. The number of halogens is 2. The van der Waals surface area contributed by atoms with Crippen LogP contribution in [0, 0.1) is 34.5 Å². The van der Waals surface area contributed by atoms with E-state index in [1.54, 1.807) is 41.5 Å². The summed E-state index contributed by atoms with van der Waals surface area (Å²) in [6, 6.07) is 8.62. The fourth-order valence-electron chi connectivity index (χ4n) is 9.20. The number of hydrogen-bond donors (Lipinski definition) is 5. The second kappa shape index (κ2) is 30.5. The molecular weight excluding hydrogens is 932 g/mol. The minimum Gasteiger partial charge on any atom is -0.462 e. The molecule has 14 heteroatoms. The predicted octanol–water partition coefficient (Wildman–Crippen LogP) is 12.9. The van der Waals surface area contributed by atoms with Crippen molar-refractivity contribution in [2.24, 2.45) is 34.5 Å². The standard InChI is InChI=1S/C56H86Cl2N2O10/c1-9-11-13-15-17-19-21-23-25-27-33-69-53(67)37-29-31-39(57)41(35-37)59-51(65)45(49(63)55(3,4)5)43-47(61)44(48(43)62)46(50(64)56(6,7)8)52(66)60-42-36-38(30-32-40(42)58)54(68)70-34-28-26-24-22-20-18-16-14-12-10-2/h29-32,35-36,43-48,51,59,61-62,65H,9-28,33-34H2,1-8H3,(H,60,66). The van der Waals surface area contributed by atoms with E-state index in [1.165, 1.54) is 113 Å². The number of carbonyl (C=O) groups excluding carboxylic acids is 5. The van der Waals surface area contributed by atoms with E-state index in [-0.39, 0.29) is 45.8 Å². The first kappa shape index (κ1) is 60.8. The van der Waals surface area contributed by atoms with Crippen molar-refractivity contribution in [1.82, 2.24) is 0 Å². The van der Waals surface area contributed by atoms with Crippen molar-refractivity contribution in [1.29, 1.82) is 0 Å². The van der Waals surface area contributed by atoms with Gasteiger partial charge in [0.05, 0.1) is 63.9 Å². The van der Waals surface area contributed by atoms with Crippen LogP contribution >= 0.6 is 23.2 Å². The van der Waals surface area contributed by atoms with Gasteiger partial charge in [-0.3, -0.25) is 14.4 Å². The van der Waals surface area contributed by atoms with Crippen molar-refractivity contribution in [2.45, 2.75) is 202 Å². The summed E-state index contributed by atoms with van der Waals surface area (Å²) in [4.78, 5) is 68.7. The lowest BCUT2D eigenvalue weighted by molar-refractivity contribution is -0.205. The molecule has 0 bridgehead atoms. The lowest BCUT2D eigenvalue weighted by atomic mass is 9.55. The number of anilines is 2. The highest BCUT2D eigenvalue weighted by atomic mass is 35.5. The van der Waals surface area contributed by atoms with Crippen LogP contribution in [0.5, 0.6) is 0 Å². The summed E-state index contributed by atoms with van der Waals surface area (Å²) in [6.45, 7) is 14.6. The van der Waals surface area contributed by atoms with Gasteiger partial charge in [-0.15, -0.1) is 0 Å². The third-order valence-electron chi connectivity index (χ3n) is 13.5. The number of esters is 2. The SMILES string of the molecule is CCCCCCCCCCCCOC(=O)c1ccc(Cl)c(NC(=O)C(C(=O)C(C)(C)C)C2C(O)C(C(C(=O)C(C)(C)C)C(O)Nc3cc(C(=O)OCCCCCCCCCCCC)ccc3Cl)C2O)c1. The monoisotopic (exact) mass is 1020 g/mol. The maximum absolute atomic E-state index is 14.3. The van der Waals surface area contributed by atoms with E-state index in [1.807, 2.05) is 0 Å². The highest BCUT2D eigenvalue weighted by Gasteiger charge is 2.62. The van der Waals surface area contributed by atoms with Gasteiger partial charge in [0.25, 0.3) is 0 Å². The minimum atomic E-state index is -1.76. The van der Waals surface area contributed by atoms with Crippen molar-refractivity contribution < 1.29 is 48.8 Å². The van der Waals surface area contributed by atoms with Crippen molar-refractivity contribution in [2.75, 3.05) is 23.8 Å². The van der Waals surface area contributed by atoms with Crippen LogP contribution in [-0.2, 0) is 23.9 Å². The van der Waals surface area contributed by atoms with E-state index < -0.39 is 82.3 Å². The average Bonchev–Trinajstić information content (AvgIpc) is 3.30. The van der Waals surface area contributed by atoms with E-state index in [2.05, 4.69) is 24.5 Å². The zero-order valence-corrected chi connectivity index (χ0v) is 45.0. The number of Topliss-reactive ketones (excluding diaryl/α,β-unsaturated/α-hetero) is 2. The number of rotatable bonds is 33. The third-order valence-corrected chi connectivity index (χ3v) is 14.1. The molecule has 0 radical (unpaired) electrons. The Morgan fingerprint density at radius 1 is 0.557 bits per heavy atom. The van der Waals surface area contributed by atoms with Crippen molar-refractivity contribution in [3.8, 4) is 0 Å². The van der Waals surface area contributed by atoms with Gasteiger partial charge >= 0.3 is 11.9 Å². The summed E-state index contributed by atoms with van der Waals surface area (Å²) in [7, 11) is 0. The molecule has 5 N–H and O–H groups in total. The number of ether oxygens (including phenoxy) is 2. The van der Waals surface area contributed by atoms with Gasteiger partial charge in [0.15, 0.2) is 5.78 Å². The van der Waals surface area contributed by atoms with Gasteiger partial charge in [-0.1, -0.05) is 194 Å². The van der Waals surface area contributed by atoms with Crippen molar-refractivity contribution >= 4 is 64.0 Å². The molecule has 1 fully saturated rings. The number of amides is 1. The molecule has 2 aromatic rings. The molecule has 5 unspecified atom stereocenters. The highest BCUT2D eigenvalue weighted by molar-refractivity contribution is 6.34. The van der Waals surface area contributed by atoms with Crippen LogP contribution in [-0.4, -0.2) is 76.4 Å². The second-order valence-corrected chi connectivity index (χ2v) is 22.3. The molecule has 2 aromatic carbocycles. The summed E-state index contributed by atoms with van der Waals surface area (Å²) in [5.41, 5.74) is -1.80. The Hall–Kier alpha value is -3.55. The second-order valence-electron chi connectivity index (χ2n) is 21.5. The van der Waals surface area contributed by atoms with Gasteiger partial charge in [0.2, 0.25) is 5.91 Å². The zero-order chi connectivity index (χ0) is 52.0. The smallest absolute Gasteiger partial charge is 0.338 e. The van der Waals surface area contributed by atoms with E-state index in [0.29, 0.717) is 6.42 Å². The molecule has 5 atom stereocenters. The quantitative estimate of drug-likeness (QED) is 0.0198. The van der Waals surface area contributed by atoms with E-state index in [9.17, 15) is 39.3 Å². The first-order valence-electron chi connectivity index (χ1n) is 26.3. The van der Waals surface area contributed by atoms with E-state index in [0.717, 1.165) is 44.9 Å². The van der Waals surface area contributed by atoms with Crippen LogP contribution in [0.25, 0.3) is 0 Å². The minimum absolute atomic E-state index is 0.0221. The van der Waals surface area contributed by atoms with Crippen LogP contribution in [0.4, 0.5) is 11.4 Å². The Morgan fingerprint density at radius 3 is 1.33 bits per heavy atom. The topological polar surface area (TPSA) is 189 Å². The largest absolute Gasteiger partial charge is 0.462 e. The van der Waals surface area contributed by atoms with Gasteiger partial charge in [0, 0.05) is 22.7 Å². The Morgan fingerprint density at radius 2 is 0.929 bits per heavy atom. The normalized spacial score (nSPS) is 18.3. The maximum atomic E-state index is 14.3. The van der Waals surface area contributed by atoms with Gasteiger partial charge in [-0.05, 0) is 49.2 Å². The van der Waals surface area contributed by atoms with Crippen LogP contribution in [0.2, 0.25) is 10.0 Å². The van der Waals surface area contributed by atoms with Crippen LogP contribution in [0.3, 0.4) is 0 Å². The molecular formula is C56H86Cl2N2O10. The lowest BCUT2D eigenvalue weighted by Gasteiger charge is -2.53. The Kier molecular flexibility index (Phi) is 26.4. The summed E-state index contributed by atoms with van der Waals surface area (Å²) < 4.78 is 11.1. The number of hydrogen-bond acceptors (Lipinski definition) is 11. The Bertz CT molecular complexity index is 1950. The molecule has 1 saturated carbocycles. The third kappa shape index (κ3) is 19.1. The summed E-state index contributed by atoms with van der Waals surface area (Å²) >= 11 is 13.1. The molecule has 3 rings (SSSR count). The Labute approximate surface area is 429 Å². The van der Waals surface area contributed by atoms with Gasteiger partial charge in [0.1, 0.15) is 17.9 Å². The molecule has 0 spiro atoms. The number of carbonyl (C=O) groups is 5. The molecule has 394 valence electrons. The molecule has 0 heterocycles. The molecule has 1 aliphatic carbocycles. The van der Waals surface area contributed by atoms with Crippen molar-refractivity contribution in [3.05, 3.63) is 57.6 Å². The fraction of sp³-hybridized carbons (Fsp3) is 0.696. The van der Waals surface area contributed by atoms with Gasteiger partial charge < -0.3 is 35.4 Å². The van der Waals surface area contributed by atoms with Crippen LogP contribution in [0.15, 0.2) is 36.4 Å². The average molecular weight is 1020 g/mol. The number of benzene rings is 2. The molecule has 70 heavy (non-hydrogen) atoms. The molecule has 0 aromatic heterocycles. The molecule has 0 saturated heterocycles. The van der Waals surface area contributed by atoms with Gasteiger partial charge in [-0.2, -0.15) is 0 Å². The molecule has 1 aliphatic rings. The number of aliphatic hydroxyl groups excluding tert-OH is 3. The number of unbranched alkanes of at least 4 members (excludes halogenated alkanes) is 18. The predicted molar refractivity (Wildman–Crippen MR) is 280 cm³/mol. The van der Waals surface area contributed by atoms with Gasteiger partial charge in [-0.25, -0.2) is 9.59 Å². The van der Waals surface area contributed by atoms with E-state index in [4.69, 9.17) is 32.7 Å². The fourth-order valence-corrected chi connectivity index (χ4v) is 9.54. The summed E-state index contributed by atoms with van der Waals surface area (Å²) in [6.07, 6.45) is 17.8. The number of ketones is 2. The Balaban J connectivity index is 1.71. The van der Waals surface area contributed by atoms with Crippen LogP contribution in [0.1, 0.15) is 205 Å². The molecule has 0 aliphatic heterocycles. The maximum Gasteiger partial charge on any atom is 0.338 e. The first-order valence-corrected chi connectivity index (χ1v) is 27.0. The van der Waals surface area contributed by atoms with Crippen molar-refractivity contribution in [3.63, 3.8) is 0 Å². The zero-order valence-electron chi connectivity index (χ0n) is 43.5. The van der Waals surface area contributed by atoms with E-state index >= 15 is 0 Å². The summed E-state index contributed by atoms with van der Waals surface area (Å²) in [5.74, 6) is -9.06. The number of aliphatic hydroxyl groups is 3. The lowest BCUT2D eigenvalue weighted by Crippen LogP contribution is -2.67. The molecule has 1 amide bonds.